The van der Waals surface area contributed by atoms with Crippen LogP contribution in [0.1, 0.15) is 43.6 Å². The molecule has 1 atom stereocenters. The minimum atomic E-state index is -1.07. The molecule has 1 unspecified atom stereocenters. The second-order valence-electron chi connectivity index (χ2n) is 5.39. The monoisotopic (exact) mass is 290 g/mol. The van der Waals surface area contributed by atoms with Gasteiger partial charge in [0.1, 0.15) is 0 Å². The van der Waals surface area contributed by atoms with E-state index in [2.05, 4.69) is 4.98 Å². The van der Waals surface area contributed by atoms with Crippen molar-refractivity contribution in [1.82, 2.24) is 9.55 Å². The Balaban J connectivity index is 2.90. The zero-order valence-electron chi connectivity index (χ0n) is 12.2. The number of hydrogen-bond donors (Lipinski definition) is 2. The van der Waals surface area contributed by atoms with Crippen molar-refractivity contribution in [2.75, 3.05) is 0 Å². The standard InChI is InChI=1S/C15H18N2O4/c1-4-11(8(2)3)17-12-7-9(15(20)21)5-6-10(12)16-13(18)14(17)19/h5-8,11H,4H2,1-3H3,(H,16,18)(H,20,21). The van der Waals surface area contributed by atoms with Crippen molar-refractivity contribution < 1.29 is 9.90 Å². The highest BCUT2D eigenvalue weighted by Crippen LogP contribution is 2.23. The normalized spacial score (nSPS) is 12.8. The number of benzene rings is 1. The van der Waals surface area contributed by atoms with Crippen molar-refractivity contribution in [2.45, 2.75) is 33.2 Å². The number of fused-ring (bicyclic) bond motifs is 1. The van der Waals surface area contributed by atoms with Crippen LogP contribution < -0.4 is 11.1 Å². The zero-order valence-corrected chi connectivity index (χ0v) is 12.2. The van der Waals surface area contributed by atoms with E-state index in [9.17, 15) is 14.4 Å². The van der Waals surface area contributed by atoms with E-state index in [0.29, 0.717) is 17.5 Å². The largest absolute Gasteiger partial charge is 0.478 e. The number of carbonyl (C=O) groups is 1. The van der Waals surface area contributed by atoms with Gasteiger partial charge < -0.3 is 10.1 Å². The summed E-state index contributed by atoms with van der Waals surface area (Å²) >= 11 is 0. The summed E-state index contributed by atoms with van der Waals surface area (Å²) < 4.78 is 1.42. The lowest BCUT2D eigenvalue weighted by Crippen LogP contribution is -2.39. The average molecular weight is 290 g/mol. The van der Waals surface area contributed by atoms with Gasteiger partial charge in [0.15, 0.2) is 0 Å². The lowest BCUT2D eigenvalue weighted by molar-refractivity contribution is 0.0697. The van der Waals surface area contributed by atoms with Crippen LogP contribution in [0.15, 0.2) is 27.8 Å². The van der Waals surface area contributed by atoms with Gasteiger partial charge in [-0.1, -0.05) is 20.8 Å². The molecule has 2 N–H and O–H groups in total. The first kappa shape index (κ1) is 15.0. The van der Waals surface area contributed by atoms with Crippen molar-refractivity contribution in [1.29, 1.82) is 0 Å². The van der Waals surface area contributed by atoms with Crippen molar-refractivity contribution in [3.8, 4) is 0 Å². The molecule has 0 bridgehead atoms. The van der Waals surface area contributed by atoms with Gasteiger partial charge in [0.2, 0.25) is 0 Å². The van der Waals surface area contributed by atoms with Crippen LogP contribution in [0.3, 0.4) is 0 Å². The average Bonchev–Trinajstić information content (AvgIpc) is 2.42. The molecule has 0 aliphatic heterocycles. The number of hydrogen-bond acceptors (Lipinski definition) is 3. The molecule has 1 aromatic heterocycles. The van der Waals surface area contributed by atoms with E-state index >= 15 is 0 Å². The number of nitrogens with one attached hydrogen (secondary N) is 1. The van der Waals surface area contributed by atoms with Crippen molar-refractivity contribution in [3.63, 3.8) is 0 Å². The van der Waals surface area contributed by atoms with E-state index < -0.39 is 17.1 Å². The van der Waals surface area contributed by atoms with E-state index in [4.69, 9.17) is 5.11 Å². The Labute approximate surface area is 121 Å². The van der Waals surface area contributed by atoms with Crippen LogP contribution >= 0.6 is 0 Å². The number of nitrogens with zero attached hydrogens (tertiary/aromatic N) is 1. The maximum atomic E-state index is 12.2. The SMILES string of the molecule is CCC(C(C)C)n1c(=O)c(=O)[nH]c2ccc(C(=O)O)cc21. The van der Waals surface area contributed by atoms with E-state index in [1.807, 2.05) is 20.8 Å². The zero-order chi connectivity index (χ0) is 15.7. The molecule has 6 nitrogen and oxygen atoms in total. The predicted octanol–water partition coefficient (Wildman–Crippen LogP) is 2.00. The molecular formula is C15H18N2O4. The molecule has 0 saturated carbocycles. The fraction of sp³-hybridized carbons (Fsp3) is 0.400. The highest BCUT2D eigenvalue weighted by Gasteiger charge is 2.19. The van der Waals surface area contributed by atoms with Gasteiger partial charge >= 0.3 is 17.1 Å². The minimum Gasteiger partial charge on any atom is -0.478 e. The van der Waals surface area contributed by atoms with E-state index in [1.54, 1.807) is 0 Å². The van der Waals surface area contributed by atoms with Crippen molar-refractivity contribution >= 4 is 17.0 Å². The quantitative estimate of drug-likeness (QED) is 0.842. The molecule has 0 fully saturated rings. The number of aromatic amines is 1. The number of aromatic carboxylic acids is 1. The molecule has 0 aliphatic carbocycles. The molecule has 1 heterocycles. The maximum absolute atomic E-state index is 12.2. The Bertz CT molecular complexity index is 801. The summed E-state index contributed by atoms with van der Waals surface area (Å²) in [6.45, 7) is 5.87. The highest BCUT2D eigenvalue weighted by molar-refractivity contribution is 5.92. The molecule has 112 valence electrons. The van der Waals surface area contributed by atoms with Gasteiger partial charge in [0, 0.05) is 6.04 Å². The number of rotatable bonds is 4. The van der Waals surface area contributed by atoms with Gasteiger partial charge in [-0.05, 0) is 30.5 Å². The third kappa shape index (κ3) is 2.61. The van der Waals surface area contributed by atoms with Crippen LogP contribution in [-0.4, -0.2) is 20.6 Å². The Morgan fingerprint density at radius 1 is 1.33 bits per heavy atom. The van der Waals surface area contributed by atoms with E-state index in [1.165, 1.54) is 22.8 Å². The molecule has 21 heavy (non-hydrogen) atoms. The smallest absolute Gasteiger partial charge is 0.335 e. The number of aromatic nitrogens is 2. The first-order chi connectivity index (χ1) is 9.86. The van der Waals surface area contributed by atoms with Crippen LogP contribution in [0.25, 0.3) is 11.0 Å². The van der Waals surface area contributed by atoms with Gasteiger partial charge in [-0.15, -0.1) is 0 Å². The minimum absolute atomic E-state index is 0.0845. The van der Waals surface area contributed by atoms with Gasteiger partial charge in [0.25, 0.3) is 0 Å². The molecule has 0 saturated heterocycles. The summed E-state index contributed by atoms with van der Waals surface area (Å²) in [5.41, 5.74) is -0.347. The highest BCUT2D eigenvalue weighted by atomic mass is 16.4. The molecule has 2 aromatic rings. The molecule has 2 rings (SSSR count). The number of carboxylic acid groups (broad SMARTS) is 1. The maximum Gasteiger partial charge on any atom is 0.335 e. The number of carboxylic acids is 1. The molecule has 1 aromatic carbocycles. The second-order valence-corrected chi connectivity index (χ2v) is 5.39. The topological polar surface area (TPSA) is 92.2 Å². The fourth-order valence-corrected chi connectivity index (χ4v) is 2.65. The molecule has 0 amide bonds. The third-order valence-corrected chi connectivity index (χ3v) is 3.68. The Morgan fingerprint density at radius 3 is 2.52 bits per heavy atom. The van der Waals surface area contributed by atoms with Crippen LogP contribution in [-0.2, 0) is 0 Å². The van der Waals surface area contributed by atoms with Crippen LogP contribution in [0.4, 0.5) is 0 Å². The molecular weight excluding hydrogens is 272 g/mol. The van der Waals surface area contributed by atoms with Gasteiger partial charge in [-0.2, -0.15) is 0 Å². The first-order valence-corrected chi connectivity index (χ1v) is 6.88. The molecule has 0 radical (unpaired) electrons. The third-order valence-electron chi connectivity index (χ3n) is 3.68. The summed E-state index contributed by atoms with van der Waals surface area (Å²) in [5, 5.41) is 9.10. The Kier molecular flexibility index (Phi) is 3.97. The van der Waals surface area contributed by atoms with Crippen LogP contribution in [0.2, 0.25) is 0 Å². The summed E-state index contributed by atoms with van der Waals surface area (Å²) in [4.78, 5) is 37.7. The van der Waals surface area contributed by atoms with Crippen molar-refractivity contribution in [2.24, 2.45) is 5.92 Å². The first-order valence-electron chi connectivity index (χ1n) is 6.88. The van der Waals surface area contributed by atoms with Crippen LogP contribution in [0.5, 0.6) is 0 Å². The Morgan fingerprint density at radius 2 is 2.00 bits per heavy atom. The lowest BCUT2D eigenvalue weighted by atomic mass is 10.0. The summed E-state index contributed by atoms with van der Waals surface area (Å²) in [6.07, 6.45) is 0.674. The van der Waals surface area contributed by atoms with Crippen LogP contribution in [0, 0.1) is 5.92 Å². The summed E-state index contributed by atoms with van der Waals surface area (Å²) in [7, 11) is 0. The number of H-pyrrole nitrogens is 1. The second kappa shape index (κ2) is 5.55. The summed E-state index contributed by atoms with van der Waals surface area (Å²) in [5.74, 6) is -0.925. The molecule has 0 spiro atoms. The van der Waals surface area contributed by atoms with Gasteiger partial charge in [-0.3, -0.25) is 14.2 Å². The summed E-state index contributed by atoms with van der Waals surface area (Å²) in [6, 6.07) is 4.20. The Hall–Kier alpha value is -2.37. The van der Waals surface area contributed by atoms with Gasteiger partial charge in [-0.25, -0.2) is 4.79 Å². The van der Waals surface area contributed by atoms with Crippen molar-refractivity contribution in [3.05, 3.63) is 44.5 Å². The molecule has 6 heteroatoms. The molecule has 0 aliphatic rings. The van der Waals surface area contributed by atoms with Gasteiger partial charge in [0.05, 0.1) is 16.6 Å². The lowest BCUT2D eigenvalue weighted by Gasteiger charge is -2.23. The van der Waals surface area contributed by atoms with E-state index in [0.717, 1.165) is 0 Å². The fourth-order valence-electron chi connectivity index (χ4n) is 2.65. The predicted molar refractivity (Wildman–Crippen MR) is 80.0 cm³/mol. The van der Waals surface area contributed by atoms with E-state index in [-0.39, 0.29) is 17.5 Å².